The maximum Gasteiger partial charge on any atom is 0.573 e. The first-order chi connectivity index (χ1) is 12.6. The SMILES string of the molecule is O=c1nc(-c2c(F)cccc2F)sn1-c1ccc(OC(F)(F)F)c(Cl)c1F. The van der Waals surface area contributed by atoms with Crippen molar-refractivity contribution in [3.8, 4) is 22.0 Å². The highest BCUT2D eigenvalue weighted by Gasteiger charge is 2.33. The minimum Gasteiger partial charge on any atom is -0.404 e. The lowest BCUT2D eigenvalue weighted by Crippen LogP contribution is -2.18. The minimum absolute atomic E-state index is 0.387. The van der Waals surface area contributed by atoms with Crippen LogP contribution in [0.15, 0.2) is 35.1 Å². The molecule has 0 unspecified atom stereocenters. The van der Waals surface area contributed by atoms with Gasteiger partial charge >= 0.3 is 12.1 Å². The van der Waals surface area contributed by atoms with E-state index in [1.807, 2.05) is 0 Å². The number of rotatable bonds is 3. The Morgan fingerprint density at radius 3 is 2.30 bits per heavy atom. The van der Waals surface area contributed by atoms with Gasteiger partial charge < -0.3 is 4.74 Å². The lowest BCUT2D eigenvalue weighted by molar-refractivity contribution is -0.274. The quantitative estimate of drug-likeness (QED) is 0.558. The fraction of sp³-hybridized carbons (Fsp3) is 0.0667. The average Bonchev–Trinajstić information content (AvgIpc) is 2.92. The summed E-state index contributed by atoms with van der Waals surface area (Å²) >= 11 is 5.92. The van der Waals surface area contributed by atoms with Gasteiger partial charge in [-0.05, 0) is 35.8 Å². The normalized spacial score (nSPS) is 11.7. The molecule has 0 aliphatic rings. The molecule has 4 nitrogen and oxygen atoms in total. The lowest BCUT2D eigenvalue weighted by atomic mass is 10.2. The molecule has 3 rings (SSSR count). The van der Waals surface area contributed by atoms with Gasteiger partial charge in [-0.15, -0.1) is 13.2 Å². The van der Waals surface area contributed by atoms with Crippen molar-refractivity contribution in [2.45, 2.75) is 6.36 Å². The van der Waals surface area contributed by atoms with Crippen LogP contribution in [0.5, 0.6) is 5.75 Å². The third kappa shape index (κ3) is 3.78. The summed E-state index contributed by atoms with van der Waals surface area (Å²) in [4.78, 5) is 15.5. The molecule has 0 radical (unpaired) electrons. The highest BCUT2D eigenvalue weighted by Crippen LogP contribution is 2.35. The maximum absolute atomic E-state index is 14.4. The van der Waals surface area contributed by atoms with Crippen LogP contribution in [0, 0.1) is 17.5 Å². The maximum atomic E-state index is 14.4. The van der Waals surface area contributed by atoms with Gasteiger partial charge in [0.25, 0.3) is 0 Å². The number of aromatic nitrogens is 2. The van der Waals surface area contributed by atoms with E-state index < -0.39 is 51.5 Å². The van der Waals surface area contributed by atoms with Gasteiger partial charge in [-0.2, -0.15) is 4.98 Å². The zero-order chi connectivity index (χ0) is 19.9. The topological polar surface area (TPSA) is 44.1 Å². The van der Waals surface area contributed by atoms with E-state index in [0.717, 1.165) is 24.3 Å². The summed E-state index contributed by atoms with van der Waals surface area (Å²) in [6, 6.07) is 4.48. The number of alkyl halides is 3. The monoisotopic (exact) mass is 426 g/mol. The Bertz CT molecular complexity index is 1060. The highest BCUT2D eigenvalue weighted by atomic mass is 35.5. The fourth-order valence-electron chi connectivity index (χ4n) is 2.12. The average molecular weight is 427 g/mol. The summed E-state index contributed by atoms with van der Waals surface area (Å²) < 4.78 is 83.0. The molecule has 0 atom stereocenters. The standard InChI is InChI=1S/C15H5ClF6N2O2S/c16-11-9(26-15(20,21)22)5-4-8(12(11)19)24-14(25)23-13(27-24)10-6(17)2-1-3-7(10)18/h1-5H. The summed E-state index contributed by atoms with van der Waals surface area (Å²) in [5, 5.41) is -1.41. The molecule has 0 fully saturated rings. The summed E-state index contributed by atoms with van der Waals surface area (Å²) in [6.45, 7) is 0. The molecule has 0 spiro atoms. The summed E-state index contributed by atoms with van der Waals surface area (Å²) in [5.41, 5.74) is -2.25. The van der Waals surface area contributed by atoms with E-state index in [9.17, 15) is 31.1 Å². The Balaban J connectivity index is 2.10. The van der Waals surface area contributed by atoms with E-state index in [1.165, 1.54) is 0 Å². The molecule has 1 heterocycles. The molecule has 12 heteroatoms. The van der Waals surface area contributed by atoms with Crippen LogP contribution in [-0.2, 0) is 0 Å². The second-order valence-corrected chi connectivity index (χ2v) is 6.25. The van der Waals surface area contributed by atoms with Crippen LogP contribution in [0.25, 0.3) is 16.3 Å². The van der Waals surface area contributed by atoms with E-state index in [1.54, 1.807) is 0 Å². The van der Waals surface area contributed by atoms with E-state index in [2.05, 4.69) is 9.72 Å². The number of benzene rings is 2. The first-order valence-electron chi connectivity index (χ1n) is 6.87. The van der Waals surface area contributed by atoms with Gasteiger partial charge in [-0.1, -0.05) is 17.7 Å². The van der Waals surface area contributed by atoms with E-state index in [-0.39, 0.29) is 5.01 Å². The van der Waals surface area contributed by atoms with Gasteiger partial charge in [0.15, 0.2) is 16.6 Å². The predicted molar refractivity (Wildman–Crippen MR) is 84.7 cm³/mol. The molecule has 3 aromatic rings. The molecule has 2 aromatic carbocycles. The predicted octanol–water partition coefficient (Wildman–Crippen LogP) is 4.93. The highest BCUT2D eigenvalue weighted by molar-refractivity contribution is 7.10. The second kappa shape index (κ2) is 6.89. The summed E-state index contributed by atoms with van der Waals surface area (Å²) in [7, 11) is 0. The number of hydrogen-bond donors (Lipinski definition) is 0. The number of ether oxygens (including phenoxy) is 1. The Morgan fingerprint density at radius 2 is 1.70 bits per heavy atom. The van der Waals surface area contributed by atoms with Crippen LogP contribution in [0.1, 0.15) is 0 Å². The molecular weight excluding hydrogens is 422 g/mol. The zero-order valence-electron chi connectivity index (χ0n) is 12.7. The third-order valence-corrected chi connectivity index (χ3v) is 4.55. The molecular formula is C15H5ClF6N2O2S. The van der Waals surface area contributed by atoms with Crippen molar-refractivity contribution in [2.75, 3.05) is 0 Å². The molecule has 1 aromatic heterocycles. The molecule has 142 valence electrons. The smallest absolute Gasteiger partial charge is 0.404 e. The van der Waals surface area contributed by atoms with Gasteiger partial charge in [0.1, 0.15) is 16.7 Å². The zero-order valence-corrected chi connectivity index (χ0v) is 14.2. The number of halogens is 7. The van der Waals surface area contributed by atoms with E-state index in [0.29, 0.717) is 21.6 Å². The minimum atomic E-state index is -5.10. The van der Waals surface area contributed by atoms with Crippen LogP contribution < -0.4 is 10.4 Å². The number of nitrogens with zero attached hydrogens (tertiary/aromatic N) is 2. The molecule has 0 amide bonds. The molecule has 0 saturated heterocycles. The van der Waals surface area contributed by atoms with Gasteiger partial charge in [-0.3, -0.25) is 0 Å². The van der Waals surface area contributed by atoms with Gasteiger partial charge in [0.2, 0.25) is 0 Å². The molecule has 0 aliphatic heterocycles. The van der Waals surface area contributed by atoms with Crippen molar-refractivity contribution in [2.24, 2.45) is 0 Å². The van der Waals surface area contributed by atoms with Crippen molar-refractivity contribution < 1.29 is 31.1 Å². The van der Waals surface area contributed by atoms with Crippen LogP contribution in [0.4, 0.5) is 26.3 Å². The Kier molecular flexibility index (Phi) is 4.91. The fourth-order valence-corrected chi connectivity index (χ4v) is 3.25. The van der Waals surface area contributed by atoms with Crippen molar-refractivity contribution in [1.82, 2.24) is 8.94 Å². The Morgan fingerprint density at radius 1 is 1.07 bits per heavy atom. The molecule has 0 bridgehead atoms. The molecule has 27 heavy (non-hydrogen) atoms. The van der Waals surface area contributed by atoms with Crippen molar-refractivity contribution >= 4 is 23.1 Å². The van der Waals surface area contributed by atoms with Crippen molar-refractivity contribution in [1.29, 1.82) is 0 Å². The molecule has 0 aliphatic carbocycles. The number of hydrogen-bond acceptors (Lipinski definition) is 4. The molecule has 0 saturated carbocycles. The second-order valence-electron chi connectivity index (χ2n) is 4.94. The third-order valence-electron chi connectivity index (χ3n) is 3.20. The first-order valence-corrected chi connectivity index (χ1v) is 8.02. The van der Waals surface area contributed by atoms with Crippen molar-refractivity contribution in [3.05, 3.63) is 63.3 Å². The van der Waals surface area contributed by atoms with Crippen LogP contribution in [-0.4, -0.2) is 15.3 Å². The largest absolute Gasteiger partial charge is 0.573 e. The van der Waals surface area contributed by atoms with E-state index in [4.69, 9.17) is 11.6 Å². The first kappa shape index (κ1) is 19.2. The summed E-state index contributed by atoms with van der Waals surface area (Å²) in [5.74, 6) is -4.40. The summed E-state index contributed by atoms with van der Waals surface area (Å²) in [6.07, 6.45) is -5.10. The van der Waals surface area contributed by atoms with Crippen LogP contribution in [0.3, 0.4) is 0 Å². The van der Waals surface area contributed by atoms with Crippen LogP contribution >= 0.6 is 23.1 Å². The van der Waals surface area contributed by atoms with Crippen molar-refractivity contribution in [3.63, 3.8) is 0 Å². The van der Waals surface area contributed by atoms with Gasteiger partial charge in [0, 0.05) is 0 Å². The van der Waals surface area contributed by atoms with Gasteiger partial charge in [-0.25, -0.2) is 21.9 Å². The van der Waals surface area contributed by atoms with E-state index >= 15 is 0 Å². The Hall–Kier alpha value is -2.53. The molecule has 0 N–H and O–H groups in total. The lowest BCUT2D eigenvalue weighted by Gasteiger charge is -2.12. The van der Waals surface area contributed by atoms with Gasteiger partial charge in [0.05, 0.1) is 11.3 Å². The van der Waals surface area contributed by atoms with Crippen LogP contribution in [0.2, 0.25) is 5.02 Å². The Labute approximate surface area is 155 Å².